The summed E-state index contributed by atoms with van der Waals surface area (Å²) in [5.41, 5.74) is -1.20. The third-order valence-corrected chi connectivity index (χ3v) is 3.81. The van der Waals surface area contributed by atoms with E-state index in [2.05, 4.69) is 15.9 Å². The molecule has 0 aliphatic heterocycles. The number of carboxylic acids is 1. The maximum Gasteiger partial charge on any atom is 0.416 e. The molecule has 0 spiro atoms. The quantitative estimate of drug-likeness (QED) is 0.862. The Morgan fingerprint density at radius 2 is 1.76 bits per heavy atom. The summed E-state index contributed by atoms with van der Waals surface area (Å²) >= 11 is 2.90. The van der Waals surface area contributed by atoms with Crippen LogP contribution in [-0.4, -0.2) is 11.1 Å². The van der Waals surface area contributed by atoms with Gasteiger partial charge in [-0.05, 0) is 18.1 Å². The smallest absolute Gasteiger partial charge is 0.416 e. The molecule has 2 nitrogen and oxygen atoms in total. The van der Waals surface area contributed by atoms with Gasteiger partial charge in [-0.15, -0.1) is 0 Å². The van der Waals surface area contributed by atoms with Crippen molar-refractivity contribution in [2.24, 2.45) is 0 Å². The molecule has 1 unspecified atom stereocenters. The third kappa shape index (κ3) is 2.62. The van der Waals surface area contributed by atoms with Crippen LogP contribution in [0.1, 0.15) is 24.5 Å². The first kappa shape index (κ1) is 14.0. The Labute approximate surface area is 105 Å². The van der Waals surface area contributed by atoms with Gasteiger partial charge in [0.05, 0.1) is 5.56 Å². The van der Waals surface area contributed by atoms with E-state index in [9.17, 15) is 18.0 Å². The molecule has 0 amide bonds. The molecular formula is C11H10BrF3O2. The predicted molar refractivity (Wildman–Crippen MR) is 60.0 cm³/mol. The van der Waals surface area contributed by atoms with Crippen molar-refractivity contribution >= 4 is 21.9 Å². The zero-order valence-corrected chi connectivity index (χ0v) is 10.5. The number of rotatable bonds is 3. The van der Waals surface area contributed by atoms with Crippen LogP contribution >= 0.6 is 15.9 Å². The first-order chi connectivity index (χ1) is 7.73. The minimum atomic E-state index is -4.57. The van der Waals surface area contributed by atoms with Gasteiger partial charge in [0.25, 0.3) is 0 Å². The topological polar surface area (TPSA) is 37.3 Å². The van der Waals surface area contributed by atoms with E-state index in [1.807, 2.05) is 0 Å². The number of alkyl halides is 4. The first-order valence-corrected chi connectivity index (χ1v) is 5.61. The summed E-state index contributed by atoms with van der Waals surface area (Å²) in [5.74, 6) is -1.34. The van der Waals surface area contributed by atoms with Gasteiger partial charge in [0.15, 0.2) is 0 Å². The predicted octanol–water partition coefficient (Wildman–Crippen LogP) is 3.79. The highest BCUT2D eigenvalue weighted by Crippen LogP contribution is 2.42. The lowest BCUT2D eigenvalue weighted by molar-refractivity contribution is -0.142. The van der Waals surface area contributed by atoms with Gasteiger partial charge in [-0.1, -0.05) is 41.1 Å². The standard InChI is InChI=1S/C11H10BrF3O2/c1-2-10(12,9(16)17)7-5-3-4-6-8(7)11(13,14)15/h3-6H,2H2,1H3,(H,16,17). The van der Waals surface area contributed by atoms with Gasteiger partial charge >= 0.3 is 12.1 Å². The van der Waals surface area contributed by atoms with Gasteiger partial charge < -0.3 is 5.11 Å². The van der Waals surface area contributed by atoms with Crippen molar-refractivity contribution in [2.45, 2.75) is 23.8 Å². The highest BCUT2D eigenvalue weighted by atomic mass is 79.9. The molecule has 17 heavy (non-hydrogen) atoms. The lowest BCUT2D eigenvalue weighted by Gasteiger charge is -2.25. The third-order valence-electron chi connectivity index (χ3n) is 2.49. The Morgan fingerprint density at radius 1 is 1.29 bits per heavy atom. The summed E-state index contributed by atoms with van der Waals surface area (Å²) < 4.78 is 36.6. The van der Waals surface area contributed by atoms with Gasteiger partial charge in [-0.25, -0.2) is 0 Å². The van der Waals surface area contributed by atoms with Crippen LogP contribution < -0.4 is 0 Å². The zero-order chi connectivity index (χ0) is 13.3. The van der Waals surface area contributed by atoms with Gasteiger partial charge in [0.2, 0.25) is 0 Å². The van der Waals surface area contributed by atoms with E-state index in [0.717, 1.165) is 6.07 Å². The van der Waals surface area contributed by atoms with Crippen LogP contribution in [-0.2, 0) is 15.3 Å². The fourth-order valence-electron chi connectivity index (χ4n) is 1.53. The summed E-state index contributed by atoms with van der Waals surface area (Å²) in [7, 11) is 0. The Kier molecular flexibility index (Phi) is 3.86. The molecule has 0 aliphatic rings. The molecule has 1 aromatic rings. The van der Waals surface area contributed by atoms with Crippen LogP contribution in [0.3, 0.4) is 0 Å². The fraction of sp³-hybridized carbons (Fsp3) is 0.364. The fourth-order valence-corrected chi connectivity index (χ4v) is 1.88. The van der Waals surface area contributed by atoms with Crippen molar-refractivity contribution in [3.8, 4) is 0 Å². The maximum absolute atomic E-state index is 12.8. The molecular weight excluding hydrogens is 301 g/mol. The number of aliphatic carboxylic acids is 1. The van der Waals surface area contributed by atoms with E-state index in [0.29, 0.717) is 0 Å². The monoisotopic (exact) mass is 310 g/mol. The average molecular weight is 311 g/mol. The van der Waals surface area contributed by atoms with E-state index < -0.39 is 22.0 Å². The Bertz CT molecular complexity index is 431. The summed E-state index contributed by atoms with van der Waals surface area (Å²) in [6.07, 6.45) is -4.56. The molecule has 0 heterocycles. The molecule has 0 saturated heterocycles. The van der Waals surface area contributed by atoms with Gasteiger partial charge in [0, 0.05) is 0 Å². The molecule has 0 saturated carbocycles. The number of carboxylic acid groups (broad SMARTS) is 1. The van der Waals surface area contributed by atoms with Crippen LogP contribution in [0, 0.1) is 0 Å². The number of benzene rings is 1. The highest BCUT2D eigenvalue weighted by Gasteiger charge is 2.43. The Morgan fingerprint density at radius 3 is 2.12 bits per heavy atom. The molecule has 1 rings (SSSR count). The first-order valence-electron chi connectivity index (χ1n) is 4.82. The van der Waals surface area contributed by atoms with Crippen LogP contribution in [0.25, 0.3) is 0 Å². The highest BCUT2D eigenvalue weighted by molar-refractivity contribution is 9.10. The van der Waals surface area contributed by atoms with E-state index in [4.69, 9.17) is 5.11 Å². The van der Waals surface area contributed by atoms with Gasteiger partial charge in [-0.3, -0.25) is 4.79 Å². The SMILES string of the molecule is CCC(Br)(C(=O)O)c1ccccc1C(F)(F)F. The van der Waals surface area contributed by atoms with Gasteiger partial charge in [-0.2, -0.15) is 13.2 Å². The van der Waals surface area contributed by atoms with E-state index in [-0.39, 0.29) is 12.0 Å². The largest absolute Gasteiger partial charge is 0.480 e. The molecule has 0 bridgehead atoms. The number of halogens is 4. The van der Waals surface area contributed by atoms with Crippen molar-refractivity contribution in [2.75, 3.05) is 0 Å². The minimum Gasteiger partial charge on any atom is -0.480 e. The summed E-state index contributed by atoms with van der Waals surface area (Å²) in [6, 6.07) is 4.68. The van der Waals surface area contributed by atoms with Crippen molar-refractivity contribution in [1.29, 1.82) is 0 Å². The van der Waals surface area contributed by atoms with Crippen molar-refractivity contribution in [3.63, 3.8) is 0 Å². The minimum absolute atomic E-state index is 0.00935. The molecule has 94 valence electrons. The van der Waals surface area contributed by atoms with Gasteiger partial charge in [0.1, 0.15) is 4.32 Å². The Hall–Kier alpha value is -1.04. The lowest BCUT2D eigenvalue weighted by Crippen LogP contribution is -2.31. The molecule has 0 fully saturated rings. The molecule has 0 radical (unpaired) electrons. The molecule has 1 atom stereocenters. The number of hydrogen-bond acceptors (Lipinski definition) is 1. The molecule has 6 heteroatoms. The van der Waals surface area contributed by atoms with Crippen LogP contribution in [0.2, 0.25) is 0 Å². The van der Waals surface area contributed by atoms with E-state index in [1.165, 1.54) is 25.1 Å². The zero-order valence-electron chi connectivity index (χ0n) is 8.88. The number of hydrogen-bond donors (Lipinski definition) is 1. The molecule has 0 aromatic heterocycles. The maximum atomic E-state index is 12.8. The molecule has 0 aliphatic carbocycles. The Balaban J connectivity index is 3.46. The van der Waals surface area contributed by atoms with Crippen molar-refractivity contribution in [3.05, 3.63) is 35.4 Å². The average Bonchev–Trinajstić information content (AvgIpc) is 2.26. The second kappa shape index (κ2) is 4.68. The van der Waals surface area contributed by atoms with Crippen LogP contribution in [0.4, 0.5) is 13.2 Å². The second-order valence-electron chi connectivity index (χ2n) is 3.50. The van der Waals surface area contributed by atoms with Crippen LogP contribution in [0.15, 0.2) is 24.3 Å². The summed E-state index contributed by atoms with van der Waals surface area (Å²) in [4.78, 5) is 11.1. The molecule has 1 aromatic carbocycles. The second-order valence-corrected chi connectivity index (χ2v) is 4.86. The van der Waals surface area contributed by atoms with Crippen molar-refractivity contribution < 1.29 is 23.1 Å². The lowest BCUT2D eigenvalue weighted by atomic mass is 9.91. The van der Waals surface area contributed by atoms with Crippen LogP contribution in [0.5, 0.6) is 0 Å². The van der Waals surface area contributed by atoms with E-state index >= 15 is 0 Å². The van der Waals surface area contributed by atoms with Crippen molar-refractivity contribution in [1.82, 2.24) is 0 Å². The van der Waals surface area contributed by atoms with E-state index in [1.54, 1.807) is 0 Å². The molecule has 1 N–H and O–H groups in total. The summed E-state index contributed by atoms with van der Waals surface area (Å²) in [6.45, 7) is 1.51. The summed E-state index contributed by atoms with van der Waals surface area (Å²) in [5, 5.41) is 9.06. The number of carbonyl (C=O) groups is 1. The normalized spacial score (nSPS) is 15.4.